The number of ketones is 1. The number of hydrogen-bond donors (Lipinski definition) is 2. The van der Waals surface area contributed by atoms with Gasteiger partial charge in [-0.05, 0) is 45.6 Å². The van der Waals surface area contributed by atoms with E-state index in [-0.39, 0.29) is 23.8 Å². The van der Waals surface area contributed by atoms with Gasteiger partial charge in [-0.1, -0.05) is 6.92 Å². The standard InChI is InChI=1S/C17H31N3O3/c1-4-9-19-17(23)20(5-2)16(22)14(12-18-3)10-13-7-6-8-15(21)11-13/h13-14,18H,4-12H2,1-3H3,(H,19,23). The fraction of sp³-hybridized carbons (Fsp3) is 0.824. The molecule has 1 saturated carbocycles. The summed E-state index contributed by atoms with van der Waals surface area (Å²) in [6, 6.07) is -0.319. The van der Waals surface area contributed by atoms with Crippen LogP contribution < -0.4 is 10.6 Å². The number of Topliss-reactive ketones (excluding diaryl/α,β-unsaturated/α-hetero) is 1. The first-order valence-electron chi connectivity index (χ1n) is 8.78. The van der Waals surface area contributed by atoms with E-state index in [4.69, 9.17) is 0 Å². The van der Waals surface area contributed by atoms with Crippen LogP contribution in [0.25, 0.3) is 0 Å². The molecule has 23 heavy (non-hydrogen) atoms. The lowest BCUT2D eigenvalue weighted by Gasteiger charge is -2.29. The van der Waals surface area contributed by atoms with Gasteiger partial charge in [0.15, 0.2) is 0 Å². The molecule has 2 unspecified atom stereocenters. The molecule has 0 bridgehead atoms. The van der Waals surface area contributed by atoms with Gasteiger partial charge in [0, 0.05) is 32.5 Å². The molecule has 0 aromatic carbocycles. The quantitative estimate of drug-likeness (QED) is 0.715. The van der Waals surface area contributed by atoms with E-state index in [0.29, 0.717) is 44.7 Å². The number of urea groups is 1. The summed E-state index contributed by atoms with van der Waals surface area (Å²) in [6.07, 6.45) is 4.65. The molecule has 0 spiro atoms. The predicted octanol–water partition coefficient (Wildman–Crippen LogP) is 1.94. The molecule has 2 atom stereocenters. The fourth-order valence-corrected chi connectivity index (χ4v) is 3.18. The minimum Gasteiger partial charge on any atom is -0.338 e. The van der Waals surface area contributed by atoms with Gasteiger partial charge in [0.05, 0.1) is 5.92 Å². The molecule has 1 fully saturated rings. The van der Waals surface area contributed by atoms with Gasteiger partial charge in [-0.15, -0.1) is 0 Å². The van der Waals surface area contributed by atoms with Crippen LogP contribution in [0.4, 0.5) is 4.79 Å². The molecule has 0 aromatic heterocycles. The summed E-state index contributed by atoms with van der Waals surface area (Å²) >= 11 is 0. The summed E-state index contributed by atoms with van der Waals surface area (Å²) in [6.45, 7) is 5.24. The van der Waals surface area contributed by atoms with Gasteiger partial charge in [-0.3, -0.25) is 14.5 Å². The lowest BCUT2D eigenvalue weighted by Crippen LogP contribution is -2.48. The first-order chi connectivity index (χ1) is 11.0. The fourth-order valence-electron chi connectivity index (χ4n) is 3.18. The van der Waals surface area contributed by atoms with Crippen molar-refractivity contribution in [1.29, 1.82) is 0 Å². The summed E-state index contributed by atoms with van der Waals surface area (Å²) in [4.78, 5) is 37.8. The zero-order chi connectivity index (χ0) is 17.2. The molecule has 2 N–H and O–H groups in total. The minimum absolute atomic E-state index is 0.145. The number of carbonyl (C=O) groups excluding carboxylic acids is 3. The number of nitrogens with one attached hydrogen (secondary N) is 2. The van der Waals surface area contributed by atoms with Gasteiger partial charge in [0.1, 0.15) is 5.78 Å². The Labute approximate surface area is 139 Å². The van der Waals surface area contributed by atoms with Crippen LogP contribution in [0, 0.1) is 11.8 Å². The molecule has 6 heteroatoms. The number of nitrogens with zero attached hydrogens (tertiary/aromatic N) is 1. The normalized spacial score (nSPS) is 19.3. The highest BCUT2D eigenvalue weighted by atomic mass is 16.2. The lowest BCUT2D eigenvalue weighted by atomic mass is 9.81. The van der Waals surface area contributed by atoms with Crippen LogP contribution in [0.15, 0.2) is 0 Å². The van der Waals surface area contributed by atoms with Crippen molar-refractivity contribution in [2.24, 2.45) is 11.8 Å². The van der Waals surface area contributed by atoms with Gasteiger partial charge >= 0.3 is 6.03 Å². The van der Waals surface area contributed by atoms with E-state index >= 15 is 0 Å². The average molecular weight is 325 g/mol. The number of rotatable bonds is 8. The Balaban J connectivity index is 2.70. The molecule has 0 aromatic rings. The van der Waals surface area contributed by atoms with Crippen LogP contribution in [0.5, 0.6) is 0 Å². The minimum atomic E-state index is -0.319. The van der Waals surface area contributed by atoms with Gasteiger partial charge in [0.25, 0.3) is 0 Å². The molecule has 0 aliphatic heterocycles. The highest BCUT2D eigenvalue weighted by molar-refractivity contribution is 5.95. The molecule has 3 amide bonds. The van der Waals surface area contributed by atoms with E-state index in [1.165, 1.54) is 4.90 Å². The first-order valence-corrected chi connectivity index (χ1v) is 8.78. The van der Waals surface area contributed by atoms with Crippen molar-refractivity contribution in [1.82, 2.24) is 15.5 Å². The van der Waals surface area contributed by atoms with Crippen molar-refractivity contribution in [3.05, 3.63) is 0 Å². The van der Waals surface area contributed by atoms with E-state index in [0.717, 1.165) is 19.3 Å². The van der Waals surface area contributed by atoms with Gasteiger partial charge < -0.3 is 10.6 Å². The van der Waals surface area contributed by atoms with E-state index in [2.05, 4.69) is 10.6 Å². The van der Waals surface area contributed by atoms with Gasteiger partial charge in [-0.25, -0.2) is 4.79 Å². The van der Waals surface area contributed by atoms with Crippen LogP contribution in [-0.2, 0) is 9.59 Å². The van der Waals surface area contributed by atoms with Crippen molar-refractivity contribution < 1.29 is 14.4 Å². The summed E-state index contributed by atoms with van der Waals surface area (Å²) in [5.41, 5.74) is 0. The largest absolute Gasteiger partial charge is 0.338 e. The monoisotopic (exact) mass is 325 g/mol. The zero-order valence-corrected chi connectivity index (χ0v) is 14.7. The maximum absolute atomic E-state index is 12.8. The molecule has 0 radical (unpaired) electrons. The Morgan fingerprint density at radius 2 is 2.09 bits per heavy atom. The second-order valence-corrected chi connectivity index (χ2v) is 6.31. The Hall–Kier alpha value is -1.43. The molecular weight excluding hydrogens is 294 g/mol. The van der Waals surface area contributed by atoms with Crippen molar-refractivity contribution in [3.63, 3.8) is 0 Å². The molecular formula is C17H31N3O3. The Bertz CT molecular complexity index is 412. The van der Waals surface area contributed by atoms with Gasteiger partial charge in [-0.2, -0.15) is 0 Å². The number of hydrogen-bond acceptors (Lipinski definition) is 4. The third kappa shape index (κ3) is 6.29. The lowest BCUT2D eigenvalue weighted by molar-refractivity contribution is -0.133. The molecule has 132 valence electrons. The summed E-state index contributed by atoms with van der Waals surface area (Å²) < 4.78 is 0. The predicted molar refractivity (Wildman–Crippen MR) is 90.1 cm³/mol. The van der Waals surface area contributed by atoms with E-state index in [1.54, 1.807) is 7.05 Å². The van der Waals surface area contributed by atoms with E-state index in [1.807, 2.05) is 13.8 Å². The van der Waals surface area contributed by atoms with E-state index in [9.17, 15) is 14.4 Å². The van der Waals surface area contributed by atoms with Crippen molar-refractivity contribution >= 4 is 17.7 Å². The summed E-state index contributed by atoms with van der Waals surface area (Å²) in [7, 11) is 1.81. The molecule has 1 aliphatic rings. The van der Waals surface area contributed by atoms with Crippen LogP contribution >= 0.6 is 0 Å². The highest BCUT2D eigenvalue weighted by Gasteiger charge is 2.31. The van der Waals surface area contributed by atoms with Crippen molar-refractivity contribution in [2.75, 3.05) is 26.7 Å². The van der Waals surface area contributed by atoms with Crippen LogP contribution in [-0.4, -0.2) is 49.3 Å². The summed E-state index contributed by atoms with van der Waals surface area (Å²) in [5.74, 6) is 0.151. The first kappa shape index (κ1) is 19.6. The van der Waals surface area contributed by atoms with Crippen molar-refractivity contribution in [3.8, 4) is 0 Å². The Morgan fingerprint density at radius 1 is 1.35 bits per heavy atom. The average Bonchev–Trinajstić information content (AvgIpc) is 2.53. The topological polar surface area (TPSA) is 78.5 Å². The third-order valence-corrected chi connectivity index (χ3v) is 4.36. The zero-order valence-electron chi connectivity index (χ0n) is 14.7. The molecule has 6 nitrogen and oxygen atoms in total. The Kier molecular flexibility index (Phi) is 8.84. The maximum atomic E-state index is 12.8. The molecule has 0 saturated heterocycles. The second kappa shape index (κ2) is 10.4. The summed E-state index contributed by atoms with van der Waals surface area (Å²) in [5, 5.41) is 5.81. The Morgan fingerprint density at radius 3 is 2.65 bits per heavy atom. The van der Waals surface area contributed by atoms with Crippen molar-refractivity contribution in [2.45, 2.75) is 52.4 Å². The maximum Gasteiger partial charge on any atom is 0.324 e. The second-order valence-electron chi connectivity index (χ2n) is 6.31. The SMILES string of the molecule is CCCNC(=O)N(CC)C(=O)C(CNC)CC1CCCC(=O)C1. The highest BCUT2D eigenvalue weighted by Crippen LogP contribution is 2.28. The molecule has 1 aliphatic carbocycles. The van der Waals surface area contributed by atoms with Crippen LogP contribution in [0.2, 0.25) is 0 Å². The van der Waals surface area contributed by atoms with Crippen LogP contribution in [0.3, 0.4) is 0 Å². The van der Waals surface area contributed by atoms with E-state index < -0.39 is 0 Å². The third-order valence-electron chi connectivity index (χ3n) is 4.36. The number of carbonyl (C=O) groups is 3. The number of amides is 3. The smallest absolute Gasteiger partial charge is 0.324 e. The molecule has 0 heterocycles. The van der Waals surface area contributed by atoms with Gasteiger partial charge in [0.2, 0.25) is 5.91 Å². The number of imide groups is 1. The molecule has 1 rings (SSSR count). The van der Waals surface area contributed by atoms with Crippen LogP contribution in [0.1, 0.15) is 52.4 Å².